The number of hydrogen-bond acceptors (Lipinski definition) is 4. The Hall–Kier alpha value is 2.06. The molecule has 9 heavy (non-hydrogen) atoms. The van der Waals surface area contributed by atoms with Gasteiger partial charge in [-0.05, 0) is 0 Å². The average molecular weight is 399 g/mol. The fraction of sp³-hybridized carbons (Fsp3) is 0. The molecule has 1 N–H and O–H groups in total. The third-order valence-corrected chi connectivity index (χ3v) is 0. The van der Waals surface area contributed by atoms with Crippen LogP contribution in [0.5, 0.6) is 0 Å². The summed E-state index contributed by atoms with van der Waals surface area (Å²) in [6, 6.07) is 0. The van der Waals surface area contributed by atoms with E-state index < -0.39 is 33.1 Å². The fourth-order valence-electron chi connectivity index (χ4n) is 0. The van der Waals surface area contributed by atoms with Crippen molar-refractivity contribution in [1.82, 2.24) is 0 Å². The van der Waals surface area contributed by atoms with Crippen LogP contribution in [0, 0.1) is 0 Å². The maximum Gasteiger partial charge on any atom is 0.368 e. The molecule has 0 amide bonds. The van der Waals surface area contributed by atoms with Gasteiger partial charge in [0.1, 0.15) is 0 Å². The minimum atomic E-state index is -5.69. The molecule has 9 heteroatoms. The molecule has 0 heterocycles. The van der Waals surface area contributed by atoms with E-state index in [2.05, 4.69) is 0 Å². The average Bonchev–Trinajstić information content (AvgIpc) is 1.19. The molecule has 0 saturated carbocycles. The summed E-state index contributed by atoms with van der Waals surface area (Å²) >= 11 is -7.44. The van der Waals surface area contributed by atoms with Crippen molar-refractivity contribution in [2.75, 3.05) is 0 Å². The first-order chi connectivity index (χ1) is 3.73. The van der Waals surface area contributed by atoms with E-state index in [1.165, 1.54) is 0 Å². The van der Waals surface area contributed by atoms with Crippen molar-refractivity contribution in [3.63, 3.8) is 0 Å². The molecule has 0 bridgehead atoms. The van der Waals surface area contributed by atoms with Gasteiger partial charge < -0.3 is 0 Å². The van der Waals surface area contributed by atoms with Gasteiger partial charge in [0.15, 0.2) is 0 Å². The van der Waals surface area contributed by atoms with Crippen molar-refractivity contribution in [1.29, 1.82) is 0 Å². The Balaban J connectivity index is 0. The molecule has 0 radical (unpaired) electrons. The van der Waals surface area contributed by atoms with Gasteiger partial charge in [-0.15, -0.1) is 0 Å². The van der Waals surface area contributed by atoms with Crippen LogP contribution < -0.4 is 30.4 Å². The van der Waals surface area contributed by atoms with E-state index in [0.717, 1.165) is 0 Å². The zero-order chi connectivity index (χ0) is 8.08. The van der Waals surface area contributed by atoms with Crippen LogP contribution in [0.4, 0.5) is 0 Å². The van der Waals surface area contributed by atoms with Gasteiger partial charge in [-0.25, -0.2) is 0 Å². The molecule has 61 valence electrons. The monoisotopic (exact) mass is 399 g/mol. The maximum absolute atomic E-state index is 8.73. The molecular weight excluding hydrogens is 398 g/mol. The molecule has 0 atom stereocenters. The van der Waals surface area contributed by atoms with Gasteiger partial charge in [-0.3, -0.25) is 10.3 Å². The minimum absolute atomic E-state index is 1.75. The summed E-state index contributed by atoms with van der Waals surface area (Å²) < 4.78 is 33.2. The molecule has 0 fully saturated rings. The fourth-order valence-corrected chi connectivity index (χ4v) is 0. The second kappa shape index (κ2) is 6.75. The maximum atomic E-state index is 8.73. The topological polar surface area (TPSA) is 89.4 Å². The van der Waals surface area contributed by atoms with E-state index in [-0.39, 0.29) is 0 Å². The quantitative estimate of drug-likeness (QED) is 0.326. The van der Waals surface area contributed by atoms with Crippen LogP contribution in [0.15, 0.2) is 0 Å². The molecule has 0 saturated heterocycles. The van der Waals surface area contributed by atoms with Gasteiger partial charge in [0, 0.05) is 3.44 Å². The molecule has 0 spiro atoms. The number of halogens is 4. The van der Waals surface area contributed by atoms with Crippen LogP contribution in [0.2, 0.25) is 0 Å². The van der Waals surface area contributed by atoms with Crippen molar-refractivity contribution in [3.05, 3.63) is 0 Å². The van der Waals surface area contributed by atoms with Gasteiger partial charge in [-0.2, -0.15) is 0 Å². The summed E-state index contributed by atoms with van der Waals surface area (Å²) in [7, 11) is 14.8. The Morgan fingerprint density at radius 3 is 1.11 bits per heavy atom. The molecule has 0 aliphatic heterocycles. The summed E-state index contributed by atoms with van der Waals surface area (Å²) in [5.74, 6) is 0. The van der Waals surface area contributed by atoms with Gasteiger partial charge >= 0.3 is 62.1 Å². The molecule has 0 aromatic heterocycles. The SMILES string of the molecule is [Cl][Ru]([Cl])[Cl].[O-][I+3]([O-])([O-])O. The predicted molar refractivity (Wildman–Crippen MR) is 19.8 cm³/mol. The molecule has 4 nitrogen and oxygen atoms in total. The summed E-state index contributed by atoms with van der Waals surface area (Å²) in [4.78, 5) is 0. The van der Waals surface area contributed by atoms with Crippen LogP contribution in [0.3, 0.4) is 0 Å². The summed E-state index contributed by atoms with van der Waals surface area (Å²) in [5.41, 5.74) is 0. The zero-order valence-electron chi connectivity index (χ0n) is 3.54. The summed E-state index contributed by atoms with van der Waals surface area (Å²) in [6.45, 7) is 0. The van der Waals surface area contributed by atoms with Crippen LogP contribution in [0.1, 0.15) is 0 Å². The Bertz CT molecular complexity index is 52.6. The van der Waals surface area contributed by atoms with Crippen LogP contribution >= 0.6 is 29.1 Å². The van der Waals surface area contributed by atoms with E-state index in [0.29, 0.717) is 0 Å². The summed E-state index contributed by atoms with van der Waals surface area (Å²) in [5, 5.41) is 0. The Morgan fingerprint density at radius 2 is 1.11 bits per heavy atom. The van der Waals surface area contributed by atoms with Crippen LogP contribution in [-0.2, 0) is 13.0 Å². The molecule has 0 aliphatic carbocycles. The smallest absolute Gasteiger partial charge is 0.256 e. The third-order valence-electron chi connectivity index (χ3n) is 0. The zero-order valence-corrected chi connectivity index (χ0v) is 9.70. The molecule has 0 aliphatic rings. The molecule has 0 aromatic carbocycles. The van der Waals surface area contributed by atoms with Crippen LogP contribution in [-0.4, -0.2) is 3.44 Å². The van der Waals surface area contributed by atoms with Gasteiger partial charge in [-0.1, -0.05) is 0 Å². The van der Waals surface area contributed by atoms with Crippen molar-refractivity contribution in [3.8, 4) is 0 Å². The number of rotatable bonds is 0. The Kier molecular flexibility index (Phi) is 10.2. The standard InChI is InChI=1S/3ClH.HIO4.Ru/c;;;2-1(3,4)5;/h3*1H;2H;/q;;;;+3/p-3. The Labute approximate surface area is 75.1 Å². The number of hydrogen-bond donors (Lipinski definition) is 1. The largest absolute Gasteiger partial charge is 0.368 e. The van der Waals surface area contributed by atoms with Gasteiger partial charge in [0.05, 0.1) is 0 Å². The molecule has 0 rings (SSSR count). The van der Waals surface area contributed by atoms with E-state index >= 15 is 0 Å². The van der Waals surface area contributed by atoms with Crippen molar-refractivity contribution < 1.29 is 46.8 Å². The molecule has 0 unspecified atom stereocenters. The van der Waals surface area contributed by atoms with Crippen molar-refractivity contribution in [2.45, 2.75) is 0 Å². The van der Waals surface area contributed by atoms with Gasteiger partial charge in [0.2, 0.25) is 0 Å². The molecule has 0 aromatic rings. The summed E-state index contributed by atoms with van der Waals surface area (Å²) in [6.07, 6.45) is 0. The van der Waals surface area contributed by atoms with Crippen LogP contribution in [0.25, 0.3) is 0 Å². The molecular formula is HCl3IO4Ru. The normalized spacial score (nSPS) is 11.7. The second-order valence-electron chi connectivity index (χ2n) is 0.548. The van der Waals surface area contributed by atoms with E-state index in [1.807, 2.05) is 0 Å². The second-order valence-corrected chi connectivity index (χ2v) is 10.7. The van der Waals surface area contributed by atoms with Gasteiger partial charge in [0.25, 0.3) is 0 Å². The van der Waals surface area contributed by atoms with E-state index in [9.17, 15) is 0 Å². The first-order valence-corrected chi connectivity index (χ1v) is 11.4. The minimum Gasteiger partial charge on any atom is -0.256 e. The van der Waals surface area contributed by atoms with Crippen molar-refractivity contribution in [2.24, 2.45) is 0 Å². The van der Waals surface area contributed by atoms with E-state index in [1.54, 1.807) is 0 Å². The third kappa shape index (κ3) is 154. The predicted octanol–water partition coefficient (Wildman–Crippen LogP) is -5.05. The van der Waals surface area contributed by atoms with E-state index in [4.69, 9.17) is 42.8 Å². The Morgan fingerprint density at radius 1 is 1.11 bits per heavy atom. The van der Waals surface area contributed by atoms with Crippen molar-refractivity contribution >= 4 is 29.1 Å². The first kappa shape index (κ1) is 13.6. The first-order valence-electron chi connectivity index (χ1n) is 1.03.